The highest BCUT2D eigenvalue weighted by atomic mass is 16.5. The number of hydrogen-bond donors (Lipinski definition) is 2. The van der Waals surface area contributed by atoms with Gasteiger partial charge in [0.1, 0.15) is 0 Å². The van der Waals surface area contributed by atoms with E-state index in [0.29, 0.717) is 5.41 Å². The number of ether oxygens (including phenoxy) is 1. The van der Waals surface area contributed by atoms with Crippen LogP contribution in [0, 0.1) is 5.41 Å². The topological polar surface area (TPSA) is 48.9 Å². The van der Waals surface area contributed by atoms with E-state index in [2.05, 4.69) is 63.9 Å². The normalized spacial score (nSPS) is 18.6. The molecule has 0 amide bonds. The van der Waals surface area contributed by atoms with Crippen molar-refractivity contribution >= 4 is 11.6 Å². The fourth-order valence-electron chi connectivity index (χ4n) is 4.26. The molecule has 1 aromatic carbocycles. The number of aliphatic imine (C=N–C) groups is 1. The third kappa shape index (κ3) is 5.74. The predicted octanol–water partition coefficient (Wildman–Crippen LogP) is 3.71. The van der Waals surface area contributed by atoms with E-state index in [4.69, 9.17) is 4.74 Å². The lowest BCUT2D eigenvalue weighted by atomic mass is 9.83. The van der Waals surface area contributed by atoms with Crippen molar-refractivity contribution < 1.29 is 4.74 Å². The molecular weight excluding hydrogens is 348 g/mol. The van der Waals surface area contributed by atoms with Gasteiger partial charge in [0.25, 0.3) is 0 Å². The summed E-state index contributed by atoms with van der Waals surface area (Å²) in [6.45, 7) is 7.52. The predicted molar refractivity (Wildman–Crippen MR) is 118 cm³/mol. The number of nitrogens with one attached hydrogen (secondary N) is 2. The SMILES string of the molecule is CCOCCC1(CNC(=NC)NCc2ccc(N3CC=CC3)cc2)CCCC1. The molecule has 0 bridgehead atoms. The summed E-state index contributed by atoms with van der Waals surface area (Å²) in [7, 11) is 1.85. The summed E-state index contributed by atoms with van der Waals surface area (Å²) in [5, 5.41) is 7.04. The number of nitrogens with zero attached hydrogens (tertiary/aromatic N) is 2. The van der Waals surface area contributed by atoms with Crippen molar-refractivity contribution in [3.63, 3.8) is 0 Å². The molecule has 28 heavy (non-hydrogen) atoms. The summed E-state index contributed by atoms with van der Waals surface area (Å²) in [5.74, 6) is 0.885. The number of anilines is 1. The Balaban J connectivity index is 1.46. The average Bonchev–Trinajstić information content (AvgIpc) is 3.42. The van der Waals surface area contributed by atoms with Gasteiger partial charge in [-0.1, -0.05) is 37.1 Å². The molecule has 0 saturated heterocycles. The second kappa shape index (κ2) is 10.5. The minimum atomic E-state index is 0.359. The van der Waals surface area contributed by atoms with Crippen LogP contribution < -0.4 is 15.5 Å². The van der Waals surface area contributed by atoms with Gasteiger partial charge < -0.3 is 20.3 Å². The van der Waals surface area contributed by atoms with Crippen LogP contribution in [0.1, 0.15) is 44.6 Å². The summed E-state index contributed by atoms with van der Waals surface area (Å²) in [6.07, 6.45) is 10.8. The highest BCUT2D eigenvalue weighted by Gasteiger charge is 2.33. The van der Waals surface area contributed by atoms with Crippen molar-refractivity contribution in [1.29, 1.82) is 0 Å². The van der Waals surface area contributed by atoms with Crippen LogP contribution in [-0.2, 0) is 11.3 Å². The van der Waals surface area contributed by atoms with Gasteiger partial charge in [0.05, 0.1) is 0 Å². The van der Waals surface area contributed by atoms with Gasteiger partial charge in [-0.15, -0.1) is 0 Å². The van der Waals surface area contributed by atoms with Crippen molar-refractivity contribution in [2.75, 3.05) is 44.8 Å². The summed E-state index contributed by atoms with van der Waals surface area (Å²) in [6, 6.07) is 8.83. The lowest BCUT2D eigenvalue weighted by molar-refractivity contribution is 0.105. The van der Waals surface area contributed by atoms with Crippen LogP contribution >= 0.6 is 0 Å². The molecule has 1 fully saturated rings. The zero-order valence-electron chi connectivity index (χ0n) is 17.5. The van der Waals surface area contributed by atoms with Gasteiger partial charge in [0, 0.05) is 52.1 Å². The van der Waals surface area contributed by atoms with E-state index in [1.54, 1.807) is 0 Å². The van der Waals surface area contributed by atoms with Gasteiger partial charge in [0.15, 0.2) is 5.96 Å². The van der Waals surface area contributed by atoms with Crippen LogP contribution in [0.2, 0.25) is 0 Å². The van der Waals surface area contributed by atoms with Crippen molar-refractivity contribution in [3.05, 3.63) is 42.0 Å². The number of benzene rings is 1. The monoisotopic (exact) mass is 384 g/mol. The minimum Gasteiger partial charge on any atom is -0.382 e. The van der Waals surface area contributed by atoms with E-state index in [-0.39, 0.29) is 0 Å². The van der Waals surface area contributed by atoms with Crippen molar-refractivity contribution in [2.45, 2.75) is 45.6 Å². The fourth-order valence-corrected chi connectivity index (χ4v) is 4.26. The second-order valence-electron chi connectivity index (χ2n) is 7.98. The van der Waals surface area contributed by atoms with E-state index in [1.165, 1.54) is 36.9 Å². The van der Waals surface area contributed by atoms with Gasteiger partial charge >= 0.3 is 0 Å². The van der Waals surface area contributed by atoms with Crippen LogP contribution in [0.5, 0.6) is 0 Å². The smallest absolute Gasteiger partial charge is 0.191 e. The van der Waals surface area contributed by atoms with Crippen molar-refractivity contribution in [1.82, 2.24) is 10.6 Å². The maximum Gasteiger partial charge on any atom is 0.191 e. The minimum absolute atomic E-state index is 0.359. The zero-order valence-corrected chi connectivity index (χ0v) is 17.5. The molecule has 0 atom stereocenters. The van der Waals surface area contributed by atoms with Crippen molar-refractivity contribution in [2.24, 2.45) is 10.4 Å². The van der Waals surface area contributed by atoms with Gasteiger partial charge in [-0.3, -0.25) is 4.99 Å². The van der Waals surface area contributed by atoms with Gasteiger partial charge in [-0.25, -0.2) is 0 Å². The Hall–Kier alpha value is -2.01. The molecule has 0 spiro atoms. The lowest BCUT2D eigenvalue weighted by Crippen LogP contribution is -2.43. The van der Waals surface area contributed by atoms with Gasteiger partial charge in [0.2, 0.25) is 0 Å². The molecule has 0 radical (unpaired) electrons. The first kappa shape index (κ1) is 20.7. The summed E-state index contributed by atoms with van der Waals surface area (Å²) in [5.41, 5.74) is 2.91. The Morgan fingerprint density at radius 1 is 1.11 bits per heavy atom. The van der Waals surface area contributed by atoms with Crippen LogP contribution in [0.4, 0.5) is 5.69 Å². The molecule has 3 rings (SSSR count). The summed E-state index contributed by atoms with van der Waals surface area (Å²) >= 11 is 0. The third-order valence-corrected chi connectivity index (χ3v) is 6.08. The maximum atomic E-state index is 5.62. The van der Waals surface area contributed by atoms with E-state index in [9.17, 15) is 0 Å². The maximum absolute atomic E-state index is 5.62. The average molecular weight is 385 g/mol. The molecule has 154 valence electrons. The molecule has 1 aliphatic carbocycles. The van der Waals surface area contributed by atoms with E-state index in [1.807, 2.05) is 7.05 Å². The Labute approximate surface area is 170 Å². The van der Waals surface area contributed by atoms with Crippen LogP contribution in [0.15, 0.2) is 41.4 Å². The Morgan fingerprint density at radius 2 is 1.82 bits per heavy atom. The standard InChI is InChI=1S/C23H36N4O/c1-3-28-17-14-23(12-4-5-13-23)19-26-22(24-2)25-18-20-8-10-21(11-9-20)27-15-6-7-16-27/h6-11H,3-5,12-19H2,1-2H3,(H2,24,25,26). The van der Waals surface area contributed by atoms with E-state index in [0.717, 1.165) is 51.8 Å². The van der Waals surface area contributed by atoms with Crippen LogP contribution in [-0.4, -0.2) is 45.9 Å². The first-order valence-corrected chi connectivity index (χ1v) is 10.8. The first-order chi connectivity index (χ1) is 13.7. The third-order valence-electron chi connectivity index (χ3n) is 6.08. The molecule has 0 aromatic heterocycles. The van der Waals surface area contributed by atoms with Gasteiger partial charge in [-0.05, 0) is 49.3 Å². The number of rotatable bonds is 9. The fraction of sp³-hybridized carbons (Fsp3) is 0.609. The van der Waals surface area contributed by atoms with Gasteiger partial charge in [-0.2, -0.15) is 0 Å². The highest BCUT2D eigenvalue weighted by molar-refractivity contribution is 5.79. The Bertz CT molecular complexity index is 639. The van der Waals surface area contributed by atoms with E-state index >= 15 is 0 Å². The molecule has 2 N–H and O–H groups in total. The molecule has 1 aliphatic heterocycles. The second-order valence-corrected chi connectivity index (χ2v) is 7.98. The Morgan fingerprint density at radius 3 is 2.46 bits per heavy atom. The van der Waals surface area contributed by atoms with Crippen molar-refractivity contribution in [3.8, 4) is 0 Å². The molecular formula is C23H36N4O. The molecule has 1 saturated carbocycles. The lowest BCUT2D eigenvalue weighted by Gasteiger charge is -2.30. The largest absolute Gasteiger partial charge is 0.382 e. The summed E-state index contributed by atoms with van der Waals surface area (Å²) in [4.78, 5) is 6.78. The first-order valence-electron chi connectivity index (χ1n) is 10.8. The summed E-state index contributed by atoms with van der Waals surface area (Å²) < 4.78 is 5.62. The Kier molecular flexibility index (Phi) is 7.78. The molecule has 1 heterocycles. The van der Waals surface area contributed by atoms with Crippen LogP contribution in [0.3, 0.4) is 0 Å². The molecule has 2 aliphatic rings. The van der Waals surface area contributed by atoms with Crippen LogP contribution in [0.25, 0.3) is 0 Å². The molecule has 0 unspecified atom stereocenters. The van der Waals surface area contributed by atoms with E-state index < -0.39 is 0 Å². The number of guanidine groups is 1. The number of hydrogen-bond acceptors (Lipinski definition) is 3. The molecule has 1 aromatic rings. The molecule has 5 nitrogen and oxygen atoms in total. The molecule has 5 heteroatoms. The zero-order chi connectivity index (χ0) is 19.7. The highest BCUT2D eigenvalue weighted by Crippen LogP contribution is 2.40. The quantitative estimate of drug-likeness (QED) is 0.295.